The lowest BCUT2D eigenvalue weighted by molar-refractivity contribution is -0.164. The van der Waals surface area contributed by atoms with Gasteiger partial charge in [-0.15, -0.1) is 0 Å². The topological polar surface area (TPSA) is 104 Å². The van der Waals surface area contributed by atoms with Gasteiger partial charge in [-0.1, -0.05) is 0 Å². The first kappa shape index (κ1) is 11.9. The molecule has 1 aliphatic carbocycles. The summed E-state index contributed by atoms with van der Waals surface area (Å²) in [7, 11) is 1.17. The molecule has 6 nitrogen and oxygen atoms in total. The zero-order chi connectivity index (χ0) is 11.6. The fourth-order valence-electron chi connectivity index (χ4n) is 1.85. The van der Waals surface area contributed by atoms with Crippen LogP contribution in [-0.2, 0) is 14.3 Å². The highest BCUT2D eigenvalue weighted by atomic mass is 16.5. The van der Waals surface area contributed by atoms with Crippen LogP contribution < -0.4 is 0 Å². The van der Waals surface area contributed by atoms with Gasteiger partial charge in [0.05, 0.1) is 31.2 Å². The third-order valence-electron chi connectivity index (χ3n) is 2.74. The van der Waals surface area contributed by atoms with E-state index >= 15 is 0 Å². The largest absolute Gasteiger partial charge is 0.481 e. The van der Waals surface area contributed by atoms with E-state index in [1.54, 1.807) is 0 Å². The van der Waals surface area contributed by atoms with Crippen molar-refractivity contribution < 1.29 is 29.6 Å². The number of carboxylic acid groups (broad SMARTS) is 1. The Morgan fingerprint density at radius 2 is 1.60 bits per heavy atom. The number of methoxy groups -OCH3 is 1. The van der Waals surface area contributed by atoms with E-state index in [0.717, 1.165) is 0 Å². The van der Waals surface area contributed by atoms with Gasteiger partial charge in [0.15, 0.2) is 0 Å². The molecule has 0 bridgehead atoms. The number of esters is 1. The lowest BCUT2D eigenvalue weighted by atomic mass is 9.76. The van der Waals surface area contributed by atoms with Crippen LogP contribution in [0.1, 0.15) is 12.8 Å². The summed E-state index contributed by atoms with van der Waals surface area (Å²) in [6, 6.07) is 0. The molecular weight excluding hydrogens is 204 g/mol. The van der Waals surface area contributed by atoms with Crippen LogP contribution in [0.4, 0.5) is 0 Å². The molecule has 3 N–H and O–H groups in total. The molecule has 0 spiro atoms. The minimum atomic E-state index is -1.16. The van der Waals surface area contributed by atoms with E-state index in [1.165, 1.54) is 7.11 Å². The van der Waals surface area contributed by atoms with Crippen molar-refractivity contribution in [3.05, 3.63) is 0 Å². The van der Waals surface area contributed by atoms with Gasteiger partial charge in [0.25, 0.3) is 0 Å². The van der Waals surface area contributed by atoms with Crippen LogP contribution in [0.15, 0.2) is 0 Å². The molecule has 1 rings (SSSR count). The molecule has 1 aliphatic rings. The quantitative estimate of drug-likeness (QED) is 0.513. The van der Waals surface area contributed by atoms with Crippen molar-refractivity contribution in [1.82, 2.24) is 0 Å². The molecular formula is C9H14O6. The van der Waals surface area contributed by atoms with E-state index in [9.17, 15) is 19.8 Å². The van der Waals surface area contributed by atoms with Crippen LogP contribution in [0.25, 0.3) is 0 Å². The van der Waals surface area contributed by atoms with Crippen LogP contribution in [0, 0.1) is 11.8 Å². The van der Waals surface area contributed by atoms with Crippen molar-refractivity contribution in [3.63, 3.8) is 0 Å². The van der Waals surface area contributed by atoms with E-state index in [1.807, 2.05) is 0 Å². The second-order valence-corrected chi connectivity index (χ2v) is 3.68. The fourth-order valence-corrected chi connectivity index (χ4v) is 1.85. The predicted octanol–water partition coefficient (Wildman–Crippen LogP) is -1.01. The number of carbonyl (C=O) groups excluding carboxylic acids is 1. The maximum atomic E-state index is 11.3. The van der Waals surface area contributed by atoms with E-state index in [-0.39, 0.29) is 12.8 Å². The first-order valence-corrected chi connectivity index (χ1v) is 4.64. The first-order valence-electron chi connectivity index (χ1n) is 4.64. The monoisotopic (exact) mass is 218 g/mol. The van der Waals surface area contributed by atoms with Crippen molar-refractivity contribution in [2.45, 2.75) is 25.0 Å². The molecule has 0 saturated heterocycles. The third kappa shape index (κ3) is 2.45. The minimum absolute atomic E-state index is 0.0786. The van der Waals surface area contributed by atoms with Crippen molar-refractivity contribution in [3.8, 4) is 0 Å². The molecule has 0 aromatic carbocycles. The summed E-state index contributed by atoms with van der Waals surface area (Å²) in [5, 5.41) is 27.5. The van der Waals surface area contributed by atoms with Crippen LogP contribution >= 0.6 is 0 Å². The Hall–Kier alpha value is -1.14. The van der Waals surface area contributed by atoms with E-state index in [0.29, 0.717) is 0 Å². The number of hydrogen-bond donors (Lipinski definition) is 3. The van der Waals surface area contributed by atoms with Gasteiger partial charge in [-0.3, -0.25) is 9.59 Å². The molecule has 1 saturated carbocycles. The lowest BCUT2D eigenvalue weighted by Gasteiger charge is -2.33. The Morgan fingerprint density at radius 3 is 2.00 bits per heavy atom. The fraction of sp³-hybridized carbons (Fsp3) is 0.778. The van der Waals surface area contributed by atoms with Crippen molar-refractivity contribution in [2.24, 2.45) is 11.8 Å². The van der Waals surface area contributed by atoms with Crippen molar-refractivity contribution >= 4 is 11.9 Å². The van der Waals surface area contributed by atoms with E-state index in [4.69, 9.17) is 5.11 Å². The molecule has 6 heteroatoms. The second kappa shape index (κ2) is 4.59. The molecule has 0 unspecified atom stereocenters. The van der Waals surface area contributed by atoms with E-state index < -0.39 is 36.0 Å². The number of carbonyl (C=O) groups is 2. The van der Waals surface area contributed by atoms with Gasteiger partial charge in [-0.25, -0.2) is 0 Å². The zero-order valence-corrected chi connectivity index (χ0v) is 8.29. The first-order chi connectivity index (χ1) is 6.97. The van der Waals surface area contributed by atoms with Crippen molar-refractivity contribution in [2.75, 3.05) is 7.11 Å². The Balaban J connectivity index is 2.81. The Labute approximate surface area is 86.5 Å². The van der Waals surface area contributed by atoms with Crippen LogP contribution in [0.5, 0.6) is 0 Å². The summed E-state index contributed by atoms with van der Waals surface area (Å²) in [4.78, 5) is 22.1. The lowest BCUT2D eigenvalue weighted by Crippen LogP contribution is -2.45. The Bertz CT molecular complexity index is 263. The average molecular weight is 218 g/mol. The highest BCUT2D eigenvalue weighted by Gasteiger charge is 2.43. The normalized spacial score (nSPS) is 35.9. The predicted molar refractivity (Wildman–Crippen MR) is 47.9 cm³/mol. The summed E-state index contributed by atoms with van der Waals surface area (Å²) >= 11 is 0. The SMILES string of the molecule is COC(=O)[C@H]1C[C@H](O)[C@H](O)C[C@@H]1C(=O)O. The molecule has 0 aromatic heterocycles. The summed E-state index contributed by atoms with van der Waals surface area (Å²) in [5.41, 5.74) is 0. The molecule has 4 atom stereocenters. The molecule has 1 fully saturated rings. The van der Waals surface area contributed by atoms with Gasteiger partial charge in [0.1, 0.15) is 0 Å². The Kier molecular flexibility index (Phi) is 3.65. The number of aliphatic carboxylic acids is 1. The highest BCUT2D eigenvalue weighted by Crippen LogP contribution is 2.31. The summed E-state index contributed by atoms with van der Waals surface area (Å²) < 4.78 is 4.46. The van der Waals surface area contributed by atoms with Crippen molar-refractivity contribution in [1.29, 1.82) is 0 Å². The van der Waals surface area contributed by atoms with Crippen LogP contribution in [0.2, 0.25) is 0 Å². The third-order valence-corrected chi connectivity index (χ3v) is 2.74. The zero-order valence-electron chi connectivity index (χ0n) is 8.29. The summed E-state index contributed by atoms with van der Waals surface area (Å²) in [5.74, 6) is -3.69. The molecule has 0 aliphatic heterocycles. The highest BCUT2D eigenvalue weighted by molar-refractivity contribution is 5.81. The average Bonchev–Trinajstić information content (AvgIpc) is 2.20. The van der Waals surface area contributed by atoms with Gasteiger partial charge in [0, 0.05) is 0 Å². The number of aliphatic hydroxyl groups excluding tert-OH is 2. The molecule has 15 heavy (non-hydrogen) atoms. The standard InChI is InChI=1S/C9H14O6/c1-15-9(14)5-3-7(11)6(10)2-4(5)8(12)13/h4-7,10-11H,2-3H2,1H3,(H,12,13)/t4-,5-,6+,7-/m0/s1. The maximum absolute atomic E-state index is 11.3. The molecule has 0 heterocycles. The summed E-state index contributed by atoms with van der Waals surface area (Å²) in [6.45, 7) is 0. The smallest absolute Gasteiger partial charge is 0.309 e. The molecule has 0 radical (unpaired) electrons. The second-order valence-electron chi connectivity index (χ2n) is 3.68. The van der Waals surface area contributed by atoms with Gasteiger partial charge < -0.3 is 20.1 Å². The Morgan fingerprint density at radius 1 is 1.13 bits per heavy atom. The number of hydrogen-bond acceptors (Lipinski definition) is 5. The minimum Gasteiger partial charge on any atom is -0.481 e. The van der Waals surface area contributed by atoms with Gasteiger partial charge in [-0.2, -0.15) is 0 Å². The number of carboxylic acids is 1. The van der Waals surface area contributed by atoms with Crippen LogP contribution in [-0.4, -0.2) is 46.6 Å². The molecule has 0 aromatic rings. The number of aliphatic hydroxyl groups is 2. The summed E-state index contributed by atoms with van der Waals surface area (Å²) in [6.07, 6.45) is -2.36. The van der Waals surface area contributed by atoms with Gasteiger partial charge >= 0.3 is 11.9 Å². The molecule has 0 amide bonds. The van der Waals surface area contributed by atoms with E-state index in [2.05, 4.69) is 4.74 Å². The number of ether oxygens (including phenoxy) is 1. The van der Waals surface area contributed by atoms with Gasteiger partial charge in [0.2, 0.25) is 0 Å². The van der Waals surface area contributed by atoms with Crippen LogP contribution in [0.3, 0.4) is 0 Å². The maximum Gasteiger partial charge on any atom is 0.309 e. The number of rotatable bonds is 2. The van der Waals surface area contributed by atoms with Gasteiger partial charge in [-0.05, 0) is 12.8 Å². The molecule has 86 valence electrons.